The summed E-state index contributed by atoms with van der Waals surface area (Å²) in [6.45, 7) is 7.81. The SMILES string of the molecule is COC(=O)C1(N)CCCC1CCOCCOC(C)(C)C. The molecular formula is C15H29NO4. The normalized spacial score (nSPS) is 26.8. The summed E-state index contributed by atoms with van der Waals surface area (Å²) in [5.41, 5.74) is 5.25. The van der Waals surface area contributed by atoms with Crippen LogP contribution in [0.15, 0.2) is 0 Å². The van der Waals surface area contributed by atoms with Gasteiger partial charge in [0.15, 0.2) is 0 Å². The van der Waals surface area contributed by atoms with E-state index in [4.69, 9.17) is 19.9 Å². The van der Waals surface area contributed by atoms with Gasteiger partial charge in [-0.2, -0.15) is 0 Å². The molecule has 0 aromatic rings. The Hall–Kier alpha value is -0.650. The minimum absolute atomic E-state index is 0.133. The second-order valence-corrected chi connectivity index (χ2v) is 6.48. The van der Waals surface area contributed by atoms with E-state index in [0.717, 1.165) is 19.3 Å². The second kappa shape index (κ2) is 7.38. The summed E-state index contributed by atoms with van der Waals surface area (Å²) >= 11 is 0. The molecule has 5 heteroatoms. The summed E-state index contributed by atoms with van der Waals surface area (Å²) in [6, 6.07) is 0. The minimum atomic E-state index is -0.819. The van der Waals surface area contributed by atoms with E-state index in [2.05, 4.69) is 0 Å². The quantitative estimate of drug-likeness (QED) is 0.572. The van der Waals surface area contributed by atoms with Gasteiger partial charge < -0.3 is 19.9 Å². The third kappa shape index (κ3) is 5.04. The van der Waals surface area contributed by atoms with Gasteiger partial charge in [0.1, 0.15) is 5.54 Å². The van der Waals surface area contributed by atoms with Crippen LogP contribution in [-0.4, -0.2) is 44.0 Å². The molecule has 1 aliphatic carbocycles. The molecule has 2 N–H and O–H groups in total. The fraction of sp³-hybridized carbons (Fsp3) is 0.933. The number of methoxy groups -OCH3 is 1. The average molecular weight is 287 g/mol. The molecule has 1 saturated carbocycles. The first-order chi connectivity index (χ1) is 9.29. The van der Waals surface area contributed by atoms with Gasteiger partial charge in [-0.15, -0.1) is 0 Å². The zero-order valence-electron chi connectivity index (χ0n) is 13.2. The Morgan fingerprint density at radius 3 is 2.60 bits per heavy atom. The molecule has 20 heavy (non-hydrogen) atoms. The van der Waals surface area contributed by atoms with Crippen molar-refractivity contribution in [3.8, 4) is 0 Å². The summed E-state index contributed by atoms with van der Waals surface area (Å²) in [4.78, 5) is 11.8. The maximum absolute atomic E-state index is 11.8. The Balaban J connectivity index is 2.23. The van der Waals surface area contributed by atoms with Gasteiger partial charge in [0, 0.05) is 6.61 Å². The van der Waals surface area contributed by atoms with Crippen molar-refractivity contribution >= 4 is 5.97 Å². The summed E-state index contributed by atoms with van der Waals surface area (Å²) in [6.07, 6.45) is 3.44. The maximum Gasteiger partial charge on any atom is 0.326 e. The van der Waals surface area contributed by atoms with Crippen LogP contribution in [-0.2, 0) is 19.0 Å². The number of carbonyl (C=O) groups excluding carboxylic acids is 1. The van der Waals surface area contributed by atoms with Crippen molar-refractivity contribution in [2.45, 2.75) is 57.6 Å². The lowest BCUT2D eigenvalue weighted by Crippen LogP contribution is -2.51. The zero-order valence-corrected chi connectivity index (χ0v) is 13.2. The van der Waals surface area contributed by atoms with Crippen LogP contribution in [0.1, 0.15) is 46.5 Å². The Labute approximate surface area is 122 Å². The van der Waals surface area contributed by atoms with Crippen LogP contribution >= 0.6 is 0 Å². The van der Waals surface area contributed by atoms with Crippen molar-refractivity contribution < 1.29 is 19.0 Å². The van der Waals surface area contributed by atoms with E-state index in [1.807, 2.05) is 20.8 Å². The molecule has 0 aromatic carbocycles. The number of nitrogens with two attached hydrogens (primary N) is 1. The Morgan fingerprint density at radius 2 is 2.00 bits per heavy atom. The molecule has 0 amide bonds. The van der Waals surface area contributed by atoms with Gasteiger partial charge in [-0.3, -0.25) is 4.79 Å². The van der Waals surface area contributed by atoms with Gasteiger partial charge in [-0.05, 0) is 46.0 Å². The second-order valence-electron chi connectivity index (χ2n) is 6.48. The van der Waals surface area contributed by atoms with E-state index in [1.54, 1.807) is 0 Å². The van der Waals surface area contributed by atoms with Crippen molar-refractivity contribution in [1.29, 1.82) is 0 Å². The summed E-state index contributed by atoms with van der Waals surface area (Å²) < 4.78 is 16.0. The predicted octanol–water partition coefficient (Wildman–Crippen LogP) is 1.88. The number of esters is 1. The molecule has 0 aromatic heterocycles. The Kier molecular flexibility index (Phi) is 6.43. The molecule has 118 valence electrons. The summed E-state index contributed by atoms with van der Waals surface area (Å²) in [5, 5.41) is 0. The summed E-state index contributed by atoms with van der Waals surface area (Å²) in [5.74, 6) is -0.144. The van der Waals surface area contributed by atoms with Crippen LogP contribution in [0.4, 0.5) is 0 Å². The largest absolute Gasteiger partial charge is 0.468 e. The van der Waals surface area contributed by atoms with Gasteiger partial charge >= 0.3 is 5.97 Å². The van der Waals surface area contributed by atoms with Crippen molar-refractivity contribution in [2.24, 2.45) is 11.7 Å². The topological polar surface area (TPSA) is 70.8 Å². The molecular weight excluding hydrogens is 258 g/mol. The van der Waals surface area contributed by atoms with Gasteiger partial charge in [0.05, 0.1) is 25.9 Å². The van der Waals surface area contributed by atoms with Crippen molar-refractivity contribution in [1.82, 2.24) is 0 Å². The molecule has 0 bridgehead atoms. The summed E-state index contributed by atoms with van der Waals surface area (Å²) in [7, 11) is 1.40. The lowest BCUT2D eigenvalue weighted by atomic mass is 9.86. The van der Waals surface area contributed by atoms with Crippen LogP contribution in [0, 0.1) is 5.92 Å². The highest BCUT2D eigenvalue weighted by Crippen LogP contribution is 2.36. The number of hydrogen-bond donors (Lipinski definition) is 1. The first kappa shape index (κ1) is 17.4. The maximum atomic E-state index is 11.8. The van der Waals surface area contributed by atoms with Crippen LogP contribution < -0.4 is 5.73 Å². The highest BCUT2D eigenvalue weighted by molar-refractivity contribution is 5.81. The highest BCUT2D eigenvalue weighted by atomic mass is 16.5. The minimum Gasteiger partial charge on any atom is -0.468 e. The lowest BCUT2D eigenvalue weighted by molar-refractivity contribution is -0.148. The van der Waals surface area contributed by atoms with E-state index in [0.29, 0.717) is 26.2 Å². The highest BCUT2D eigenvalue weighted by Gasteiger charge is 2.46. The molecule has 5 nitrogen and oxygen atoms in total. The molecule has 0 aliphatic heterocycles. The van der Waals surface area contributed by atoms with Gasteiger partial charge in [0.2, 0.25) is 0 Å². The fourth-order valence-corrected chi connectivity index (χ4v) is 2.70. The third-order valence-electron chi connectivity index (χ3n) is 3.81. The standard InChI is InChI=1S/C15H29NO4/c1-14(2,3)20-11-10-19-9-7-12-6-5-8-15(12,16)13(17)18-4/h12H,5-11,16H2,1-4H3. The van der Waals surface area contributed by atoms with Gasteiger partial charge in [-0.1, -0.05) is 6.42 Å². The van der Waals surface area contributed by atoms with Crippen molar-refractivity contribution in [3.63, 3.8) is 0 Å². The lowest BCUT2D eigenvalue weighted by Gasteiger charge is -2.28. The Morgan fingerprint density at radius 1 is 1.30 bits per heavy atom. The average Bonchev–Trinajstić information content (AvgIpc) is 2.74. The molecule has 0 radical (unpaired) electrons. The smallest absolute Gasteiger partial charge is 0.326 e. The van der Waals surface area contributed by atoms with E-state index < -0.39 is 5.54 Å². The molecule has 1 aliphatic rings. The number of carbonyl (C=O) groups is 1. The third-order valence-corrected chi connectivity index (χ3v) is 3.81. The first-order valence-corrected chi connectivity index (χ1v) is 7.38. The molecule has 2 unspecified atom stereocenters. The zero-order chi connectivity index (χ0) is 15.2. The predicted molar refractivity (Wildman–Crippen MR) is 77.4 cm³/mol. The van der Waals surface area contributed by atoms with E-state index in [1.165, 1.54) is 7.11 Å². The fourth-order valence-electron chi connectivity index (χ4n) is 2.70. The molecule has 0 spiro atoms. The molecule has 1 fully saturated rings. The monoisotopic (exact) mass is 287 g/mol. The number of hydrogen-bond acceptors (Lipinski definition) is 5. The van der Waals surface area contributed by atoms with Crippen LogP contribution in [0.5, 0.6) is 0 Å². The molecule has 1 rings (SSSR count). The van der Waals surface area contributed by atoms with Crippen LogP contribution in [0.2, 0.25) is 0 Å². The number of ether oxygens (including phenoxy) is 3. The first-order valence-electron chi connectivity index (χ1n) is 7.38. The van der Waals surface area contributed by atoms with Crippen LogP contribution in [0.3, 0.4) is 0 Å². The van der Waals surface area contributed by atoms with Gasteiger partial charge in [0.25, 0.3) is 0 Å². The number of rotatable bonds is 7. The van der Waals surface area contributed by atoms with E-state index >= 15 is 0 Å². The van der Waals surface area contributed by atoms with Gasteiger partial charge in [-0.25, -0.2) is 0 Å². The Bertz CT molecular complexity index is 313. The van der Waals surface area contributed by atoms with Crippen molar-refractivity contribution in [3.05, 3.63) is 0 Å². The molecule has 2 atom stereocenters. The molecule has 0 heterocycles. The molecule has 0 saturated heterocycles. The van der Waals surface area contributed by atoms with E-state index in [9.17, 15) is 4.79 Å². The van der Waals surface area contributed by atoms with Crippen molar-refractivity contribution in [2.75, 3.05) is 26.9 Å². The van der Waals surface area contributed by atoms with E-state index in [-0.39, 0.29) is 17.5 Å². The van der Waals surface area contributed by atoms with Crippen LogP contribution in [0.25, 0.3) is 0 Å².